The molecule has 8 heteroatoms. The highest BCUT2D eigenvalue weighted by Gasteiger charge is 2.17. The number of aromatic nitrogens is 2. The van der Waals surface area contributed by atoms with Crippen LogP contribution >= 0.6 is 0 Å². The zero-order valence-electron chi connectivity index (χ0n) is 12.4. The molecule has 0 saturated heterocycles. The van der Waals surface area contributed by atoms with E-state index in [-0.39, 0.29) is 17.5 Å². The molecule has 0 atom stereocenters. The lowest BCUT2D eigenvalue weighted by Crippen LogP contribution is -2.15. The first-order chi connectivity index (χ1) is 10.2. The van der Waals surface area contributed by atoms with Gasteiger partial charge in [-0.05, 0) is 43.0 Å². The summed E-state index contributed by atoms with van der Waals surface area (Å²) in [6.45, 7) is 3.34. The number of aliphatic hydroxyl groups is 1. The van der Waals surface area contributed by atoms with Gasteiger partial charge in [0.1, 0.15) is 0 Å². The molecule has 0 unspecified atom stereocenters. The van der Waals surface area contributed by atoms with Gasteiger partial charge in [-0.25, -0.2) is 23.5 Å². The fraction of sp³-hybridized carbons (Fsp3) is 0.286. The van der Waals surface area contributed by atoms with Crippen molar-refractivity contribution in [1.82, 2.24) is 9.97 Å². The van der Waals surface area contributed by atoms with Gasteiger partial charge in [0, 0.05) is 18.4 Å². The molecule has 2 aromatic rings. The second-order valence-electron chi connectivity index (χ2n) is 5.00. The van der Waals surface area contributed by atoms with Crippen molar-refractivity contribution in [3.8, 4) is 11.1 Å². The zero-order chi connectivity index (χ0) is 16.5. The first-order valence-electron chi connectivity index (χ1n) is 6.60. The Labute approximate surface area is 129 Å². The molecule has 2 rings (SSSR count). The van der Waals surface area contributed by atoms with Crippen LogP contribution in [-0.2, 0) is 16.4 Å². The van der Waals surface area contributed by atoms with E-state index < -0.39 is 10.0 Å². The molecular weight excluding hydrogens is 304 g/mol. The molecule has 0 fully saturated rings. The van der Waals surface area contributed by atoms with Gasteiger partial charge in [0.25, 0.3) is 0 Å². The standard InChI is InChI=1S/C14H18N4O3S/c1-8-10(3-4-19)5-11(6-13(8)22(16,20)21)12-7-17-14(15)18-9(12)2/h5-7,19H,3-4H2,1-2H3,(H2,15,17,18)(H2,16,20,21). The van der Waals surface area contributed by atoms with Crippen molar-refractivity contribution in [3.05, 3.63) is 35.2 Å². The number of hydrogen-bond acceptors (Lipinski definition) is 6. The monoisotopic (exact) mass is 322 g/mol. The smallest absolute Gasteiger partial charge is 0.238 e. The van der Waals surface area contributed by atoms with Gasteiger partial charge >= 0.3 is 0 Å². The van der Waals surface area contributed by atoms with Gasteiger partial charge in [-0.3, -0.25) is 0 Å². The SMILES string of the molecule is Cc1nc(N)ncc1-c1cc(CCO)c(C)c(S(N)(=O)=O)c1. The summed E-state index contributed by atoms with van der Waals surface area (Å²) >= 11 is 0. The minimum atomic E-state index is -3.87. The third-order valence-electron chi connectivity index (χ3n) is 3.46. The van der Waals surface area contributed by atoms with Crippen LogP contribution in [0.15, 0.2) is 23.2 Å². The van der Waals surface area contributed by atoms with Gasteiger partial charge in [0.05, 0.1) is 10.6 Å². The largest absolute Gasteiger partial charge is 0.396 e. The quantitative estimate of drug-likeness (QED) is 0.752. The second kappa shape index (κ2) is 5.99. The molecule has 0 amide bonds. The van der Waals surface area contributed by atoms with Crippen LogP contribution in [0.1, 0.15) is 16.8 Å². The lowest BCUT2D eigenvalue weighted by atomic mass is 9.98. The molecule has 0 aliphatic rings. The Hall–Kier alpha value is -2.03. The van der Waals surface area contributed by atoms with Crippen LogP contribution in [0.4, 0.5) is 5.95 Å². The number of primary sulfonamides is 1. The Kier molecular flexibility index (Phi) is 4.45. The van der Waals surface area contributed by atoms with Gasteiger partial charge in [0.2, 0.25) is 16.0 Å². The van der Waals surface area contributed by atoms with E-state index in [0.717, 1.165) is 0 Å². The van der Waals surface area contributed by atoms with Crippen LogP contribution in [0.25, 0.3) is 11.1 Å². The Morgan fingerprint density at radius 2 is 1.95 bits per heavy atom. The predicted molar refractivity (Wildman–Crippen MR) is 83.5 cm³/mol. The molecule has 22 heavy (non-hydrogen) atoms. The number of nitrogens with zero attached hydrogens (tertiary/aromatic N) is 2. The minimum Gasteiger partial charge on any atom is -0.396 e. The van der Waals surface area contributed by atoms with E-state index in [9.17, 15) is 8.42 Å². The van der Waals surface area contributed by atoms with Gasteiger partial charge in [-0.2, -0.15) is 0 Å². The number of rotatable bonds is 4. The van der Waals surface area contributed by atoms with E-state index in [2.05, 4.69) is 9.97 Å². The van der Waals surface area contributed by atoms with Crippen LogP contribution in [0.2, 0.25) is 0 Å². The van der Waals surface area contributed by atoms with E-state index >= 15 is 0 Å². The third-order valence-corrected chi connectivity index (χ3v) is 4.50. The molecule has 1 aromatic heterocycles. The molecule has 0 radical (unpaired) electrons. The van der Waals surface area contributed by atoms with Crippen LogP contribution < -0.4 is 10.9 Å². The summed E-state index contributed by atoms with van der Waals surface area (Å²) in [5.41, 5.74) is 8.70. The maximum Gasteiger partial charge on any atom is 0.238 e. The normalized spacial score (nSPS) is 11.6. The highest BCUT2D eigenvalue weighted by molar-refractivity contribution is 7.89. The molecule has 1 aromatic carbocycles. The van der Waals surface area contributed by atoms with Gasteiger partial charge in [-0.1, -0.05) is 6.07 Å². The van der Waals surface area contributed by atoms with Crippen LogP contribution in [-0.4, -0.2) is 30.1 Å². The Bertz CT molecular complexity index is 819. The van der Waals surface area contributed by atoms with Crippen LogP contribution in [0, 0.1) is 13.8 Å². The van der Waals surface area contributed by atoms with E-state index in [0.29, 0.717) is 34.4 Å². The summed E-state index contributed by atoms with van der Waals surface area (Å²) < 4.78 is 23.6. The highest BCUT2D eigenvalue weighted by atomic mass is 32.2. The van der Waals surface area contributed by atoms with Crippen molar-refractivity contribution in [2.45, 2.75) is 25.2 Å². The molecule has 1 heterocycles. The fourth-order valence-electron chi connectivity index (χ4n) is 2.34. The Balaban J connectivity index is 2.73. The Morgan fingerprint density at radius 3 is 2.50 bits per heavy atom. The van der Waals surface area contributed by atoms with E-state index in [4.69, 9.17) is 16.0 Å². The molecule has 0 bridgehead atoms. The number of sulfonamides is 1. The summed E-state index contributed by atoms with van der Waals surface area (Å²) in [5.74, 6) is 0.149. The number of hydrogen-bond donors (Lipinski definition) is 3. The highest BCUT2D eigenvalue weighted by Crippen LogP contribution is 2.29. The molecule has 0 aliphatic heterocycles. The summed E-state index contributed by atoms with van der Waals surface area (Å²) in [7, 11) is -3.87. The van der Waals surface area contributed by atoms with Crippen molar-refractivity contribution < 1.29 is 13.5 Å². The molecular formula is C14H18N4O3S. The van der Waals surface area contributed by atoms with Crippen molar-refractivity contribution in [1.29, 1.82) is 0 Å². The lowest BCUT2D eigenvalue weighted by Gasteiger charge is -2.14. The fourth-order valence-corrected chi connectivity index (χ4v) is 3.19. The number of nitrogen functional groups attached to an aromatic ring is 1. The molecule has 0 aliphatic carbocycles. The number of nitrogens with two attached hydrogens (primary N) is 2. The van der Waals surface area contributed by atoms with Crippen molar-refractivity contribution in [2.75, 3.05) is 12.3 Å². The topological polar surface area (TPSA) is 132 Å². The van der Waals surface area contributed by atoms with Crippen molar-refractivity contribution in [3.63, 3.8) is 0 Å². The van der Waals surface area contributed by atoms with E-state index in [1.807, 2.05) is 6.07 Å². The summed E-state index contributed by atoms with van der Waals surface area (Å²) in [6.07, 6.45) is 1.87. The average molecular weight is 322 g/mol. The van der Waals surface area contributed by atoms with E-state index in [1.165, 1.54) is 12.3 Å². The van der Waals surface area contributed by atoms with E-state index in [1.54, 1.807) is 13.8 Å². The predicted octanol–water partition coefficient (Wildman–Crippen LogP) is 0.525. The van der Waals surface area contributed by atoms with Gasteiger partial charge in [-0.15, -0.1) is 0 Å². The average Bonchev–Trinajstić information content (AvgIpc) is 2.40. The lowest BCUT2D eigenvalue weighted by molar-refractivity contribution is 0.299. The maximum atomic E-state index is 11.8. The molecule has 118 valence electrons. The molecule has 0 saturated carbocycles. The second-order valence-corrected chi connectivity index (χ2v) is 6.53. The first-order valence-corrected chi connectivity index (χ1v) is 8.15. The van der Waals surface area contributed by atoms with Gasteiger partial charge in [0.15, 0.2) is 0 Å². The third kappa shape index (κ3) is 3.24. The molecule has 5 N–H and O–H groups in total. The number of benzene rings is 1. The number of aliphatic hydroxyl groups excluding tert-OH is 1. The first kappa shape index (κ1) is 16.3. The van der Waals surface area contributed by atoms with Crippen LogP contribution in [0.3, 0.4) is 0 Å². The van der Waals surface area contributed by atoms with Crippen LogP contribution in [0.5, 0.6) is 0 Å². The Morgan fingerprint density at radius 1 is 1.27 bits per heavy atom. The summed E-state index contributed by atoms with van der Waals surface area (Å²) in [6, 6.07) is 3.30. The summed E-state index contributed by atoms with van der Waals surface area (Å²) in [5, 5.41) is 14.5. The summed E-state index contributed by atoms with van der Waals surface area (Å²) in [4.78, 5) is 8.05. The van der Waals surface area contributed by atoms with Crippen molar-refractivity contribution >= 4 is 16.0 Å². The zero-order valence-corrected chi connectivity index (χ0v) is 13.2. The molecule has 0 spiro atoms. The van der Waals surface area contributed by atoms with Crippen molar-refractivity contribution in [2.24, 2.45) is 5.14 Å². The minimum absolute atomic E-state index is 0.0321. The number of anilines is 1. The van der Waals surface area contributed by atoms with Gasteiger partial charge < -0.3 is 10.8 Å². The number of aryl methyl sites for hydroxylation is 1. The maximum absolute atomic E-state index is 11.8. The molecule has 7 nitrogen and oxygen atoms in total.